The van der Waals surface area contributed by atoms with Gasteiger partial charge in [-0.3, -0.25) is 4.79 Å². The normalized spacial score (nSPS) is 17.0. The molecule has 0 atom stereocenters. The number of carbonyl (C=O) groups is 1. The predicted octanol–water partition coefficient (Wildman–Crippen LogP) is 3.97. The van der Waals surface area contributed by atoms with E-state index in [-0.39, 0.29) is 18.1 Å². The van der Waals surface area contributed by atoms with Gasteiger partial charge in [0, 0.05) is 5.56 Å². The van der Waals surface area contributed by atoms with Crippen molar-refractivity contribution in [2.24, 2.45) is 0 Å². The second-order valence-electron chi connectivity index (χ2n) is 6.05. The average Bonchev–Trinajstić information content (AvgIpc) is 2.96. The summed E-state index contributed by atoms with van der Waals surface area (Å²) < 4.78 is 13.0. The molecule has 1 aromatic carbocycles. The summed E-state index contributed by atoms with van der Waals surface area (Å²) in [6.45, 7) is 0. The third-order valence-corrected chi connectivity index (χ3v) is 4.95. The van der Waals surface area contributed by atoms with Crippen LogP contribution in [0.25, 0.3) is 11.3 Å². The number of hydrogen-bond donors (Lipinski definition) is 2. The van der Waals surface area contributed by atoms with Crippen LogP contribution in [0.15, 0.2) is 29.8 Å². The van der Waals surface area contributed by atoms with Crippen molar-refractivity contribution in [3.63, 3.8) is 0 Å². The zero-order chi connectivity index (χ0) is 16.3. The van der Waals surface area contributed by atoms with Crippen LogP contribution in [0, 0.1) is 5.82 Å². The number of hydrogen-bond acceptors (Lipinski definition) is 4. The summed E-state index contributed by atoms with van der Waals surface area (Å²) in [4.78, 5) is 16.5. The molecule has 0 saturated heterocycles. The summed E-state index contributed by atoms with van der Waals surface area (Å²) >= 11 is 1.32. The van der Waals surface area contributed by atoms with Crippen molar-refractivity contribution in [1.29, 1.82) is 0 Å². The smallest absolute Gasteiger partial charge is 0.227 e. The number of thiazole rings is 1. The van der Waals surface area contributed by atoms with Crippen molar-refractivity contribution in [2.75, 3.05) is 5.32 Å². The minimum Gasteiger partial charge on any atom is -0.389 e. The second-order valence-corrected chi connectivity index (χ2v) is 6.90. The van der Waals surface area contributed by atoms with Crippen LogP contribution in [0.4, 0.5) is 9.39 Å². The third-order valence-electron chi connectivity index (χ3n) is 4.21. The monoisotopic (exact) mass is 334 g/mol. The standard InChI is InChI=1S/C17H19FN2O2S/c18-13-6-4-12(5-7-13)15-16(23-11-19-15)20-14(21)10-17(22)8-2-1-3-9-17/h4-7,11,22H,1-3,8-10H2,(H,20,21). The quantitative estimate of drug-likeness (QED) is 0.889. The third kappa shape index (κ3) is 3.95. The topological polar surface area (TPSA) is 62.2 Å². The molecule has 1 amide bonds. The lowest BCUT2D eigenvalue weighted by Crippen LogP contribution is -2.35. The molecule has 23 heavy (non-hydrogen) atoms. The molecule has 6 heteroatoms. The number of benzene rings is 1. The van der Waals surface area contributed by atoms with Gasteiger partial charge in [-0.05, 0) is 37.1 Å². The van der Waals surface area contributed by atoms with E-state index in [1.807, 2.05) is 0 Å². The highest BCUT2D eigenvalue weighted by atomic mass is 32.1. The summed E-state index contributed by atoms with van der Waals surface area (Å²) in [5.74, 6) is -0.518. The second kappa shape index (κ2) is 6.76. The first-order valence-electron chi connectivity index (χ1n) is 7.77. The van der Waals surface area contributed by atoms with E-state index in [1.165, 1.54) is 23.5 Å². The molecule has 1 aromatic heterocycles. The van der Waals surface area contributed by atoms with E-state index in [1.54, 1.807) is 17.6 Å². The highest BCUT2D eigenvalue weighted by Crippen LogP contribution is 2.33. The van der Waals surface area contributed by atoms with Gasteiger partial charge >= 0.3 is 0 Å². The fourth-order valence-corrected chi connectivity index (χ4v) is 3.72. The molecule has 0 radical (unpaired) electrons. The predicted molar refractivity (Wildman–Crippen MR) is 88.8 cm³/mol. The maximum Gasteiger partial charge on any atom is 0.227 e. The lowest BCUT2D eigenvalue weighted by molar-refractivity contribution is -0.122. The molecule has 122 valence electrons. The van der Waals surface area contributed by atoms with Crippen LogP contribution >= 0.6 is 11.3 Å². The van der Waals surface area contributed by atoms with E-state index in [4.69, 9.17) is 0 Å². The molecular formula is C17H19FN2O2S. The van der Waals surface area contributed by atoms with Crippen molar-refractivity contribution in [1.82, 2.24) is 4.98 Å². The van der Waals surface area contributed by atoms with Crippen molar-refractivity contribution < 1.29 is 14.3 Å². The Morgan fingerprint density at radius 3 is 2.65 bits per heavy atom. The lowest BCUT2D eigenvalue weighted by atomic mass is 9.82. The highest BCUT2D eigenvalue weighted by Gasteiger charge is 2.32. The number of halogens is 1. The average molecular weight is 334 g/mol. The largest absolute Gasteiger partial charge is 0.389 e. The van der Waals surface area contributed by atoms with Gasteiger partial charge < -0.3 is 10.4 Å². The Morgan fingerprint density at radius 2 is 1.96 bits per heavy atom. The van der Waals surface area contributed by atoms with E-state index in [9.17, 15) is 14.3 Å². The number of nitrogens with one attached hydrogen (secondary N) is 1. The number of aliphatic hydroxyl groups is 1. The maximum absolute atomic E-state index is 13.0. The molecule has 1 saturated carbocycles. The highest BCUT2D eigenvalue weighted by molar-refractivity contribution is 7.14. The van der Waals surface area contributed by atoms with Gasteiger partial charge in [-0.1, -0.05) is 19.3 Å². The van der Waals surface area contributed by atoms with Gasteiger partial charge in [-0.15, -0.1) is 11.3 Å². The number of nitrogens with zero attached hydrogens (tertiary/aromatic N) is 1. The molecule has 3 rings (SSSR count). The molecule has 1 aliphatic carbocycles. The molecule has 2 N–H and O–H groups in total. The molecule has 2 aromatic rings. The lowest BCUT2D eigenvalue weighted by Gasteiger charge is -2.31. The molecule has 1 heterocycles. The van der Waals surface area contributed by atoms with Crippen LogP contribution < -0.4 is 5.32 Å². The molecule has 4 nitrogen and oxygen atoms in total. The van der Waals surface area contributed by atoms with Crippen molar-refractivity contribution in [2.45, 2.75) is 44.1 Å². The van der Waals surface area contributed by atoms with Crippen molar-refractivity contribution >= 4 is 22.2 Å². The van der Waals surface area contributed by atoms with Crippen molar-refractivity contribution in [3.05, 3.63) is 35.6 Å². The Morgan fingerprint density at radius 1 is 1.26 bits per heavy atom. The number of aromatic nitrogens is 1. The van der Waals surface area contributed by atoms with E-state index >= 15 is 0 Å². The summed E-state index contributed by atoms with van der Waals surface area (Å²) in [7, 11) is 0. The van der Waals surface area contributed by atoms with Crippen LogP contribution in [0.2, 0.25) is 0 Å². The van der Waals surface area contributed by atoms with Gasteiger partial charge in [0.15, 0.2) is 0 Å². The summed E-state index contributed by atoms with van der Waals surface area (Å²) in [6, 6.07) is 6.00. The van der Waals surface area contributed by atoms with Crippen LogP contribution in [0.3, 0.4) is 0 Å². The number of carbonyl (C=O) groups excluding carboxylic acids is 1. The SMILES string of the molecule is O=C(CC1(O)CCCCC1)Nc1scnc1-c1ccc(F)cc1. The Bertz CT molecular complexity index is 678. The van der Waals surface area contributed by atoms with Crippen LogP contribution in [0.5, 0.6) is 0 Å². The molecular weight excluding hydrogens is 315 g/mol. The summed E-state index contributed by atoms with van der Waals surface area (Å²) in [5.41, 5.74) is 2.13. The number of rotatable bonds is 4. The first-order chi connectivity index (χ1) is 11.1. The number of amides is 1. The molecule has 1 fully saturated rings. The summed E-state index contributed by atoms with van der Waals surface area (Å²) in [6.07, 6.45) is 4.50. The van der Waals surface area contributed by atoms with Crippen molar-refractivity contribution in [3.8, 4) is 11.3 Å². The van der Waals surface area contributed by atoms with Gasteiger partial charge in [-0.2, -0.15) is 0 Å². The van der Waals surface area contributed by atoms with Crippen LogP contribution in [0.1, 0.15) is 38.5 Å². The Hall–Kier alpha value is -1.79. The minimum absolute atomic E-state index is 0.105. The van der Waals surface area contributed by atoms with Gasteiger partial charge in [0.1, 0.15) is 16.5 Å². The molecule has 0 bridgehead atoms. The summed E-state index contributed by atoms with van der Waals surface area (Å²) in [5, 5.41) is 13.9. The maximum atomic E-state index is 13.0. The van der Waals surface area contributed by atoms with Crippen LogP contribution in [-0.2, 0) is 4.79 Å². The fraction of sp³-hybridized carbons (Fsp3) is 0.412. The van der Waals surface area contributed by atoms with E-state index in [0.717, 1.165) is 24.8 Å². The van der Waals surface area contributed by atoms with E-state index < -0.39 is 5.60 Å². The Labute approximate surface area is 138 Å². The molecule has 0 unspecified atom stereocenters. The van der Waals surface area contributed by atoms with Gasteiger partial charge in [-0.25, -0.2) is 9.37 Å². The first kappa shape index (κ1) is 16.1. The van der Waals surface area contributed by atoms with E-state index in [2.05, 4.69) is 10.3 Å². The number of anilines is 1. The van der Waals surface area contributed by atoms with Crippen LogP contribution in [-0.4, -0.2) is 21.6 Å². The fourth-order valence-electron chi connectivity index (χ4n) is 3.00. The zero-order valence-corrected chi connectivity index (χ0v) is 13.5. The van der Waals surface area contributed by atoms with Gasteiger partial charge in [0.25, 0.3) is 0 Å². The van der Waals surface area contributed by atoms with Gasteiger partial charge in [0.2, 0.25) is 5.91 Å². The minimum atomic E-state index is -0.886. The Balaban J connectivity index is 1.70. The molecule has 1 aliphatic rings. The zero-order valence-electron chi connectivity index (χ0n) is 12.7. The molecule has 0 spiro atoms. The molecule has 0 aliphatic heterocycles. The van der Waals surface area contributed by atoms with Gasteiger partial charge in [0.05, 0.1) is 17.5 Å². The first-order valence-corrected chi connectivity index (χ1v) is 8.65. The Kier molecular flexibility index (Phi) is 4.73. The van der Waals surface area contributed by atoms with E-state index in [0.29, 0.717) is 23.5 Å².